The number of hydrogen-bond acceptors (Lipinski definition) is 19. The van der Waals surface area contributed by atoms with Crippen LogP contribution in [0.25, 0.3) is 32.1 Å². The SMILES string of the molecule is CC#N.Cc1ccc(-c2nsc(NC(=O)COc3cc(C)c(Cl)c(C)c3)n2)s1.Cc1ccc(-c2nsc(NC(=O)COc3cc(C)c(Cl)c(C)c3)n2)s1.Cc1ccc(-c2nsc(NC(=O)COc3cc(C)c(Cl)c(C)c3)n2)s1. The highest BCUT2D eigenvalue weighted by Gasteiger charge is 2.16. The van der Waals surface area contributed by atoms with Crippen molar-refractivity contribution >= 4 is 137 Å². The number of nitrogens with zero attached hydrogens (tertiary/aromatic N) is 7. The lowest BCUT2D eigenvalue weighted by Gasteiger charge is -2.09. The smallest absolute Gasteiger partial charge is 0.264 e. The molecule has 3 N–H and O–H groups in total. The Balaban J connectivity index is 0.000000184. The predicted octanol–water partition coefficient (Wildman–Crippen LogP) is 15.1. The van der Waals surface area contributed by atoms with Gasteiger partial charge in [0.2, 0.25) is 15.4 Å². The molecular weight excluding hydrogens is 1170 g/mol. The highest BCUT2D eigenvalue weighted by atomic mass is 35.5. The maximum Gasteiger partial charge on any atom is 0.264 e. The summed E-state index contributed by atoms with van der Waals surface area (Å²) >= 11 is 26.7. The summed E-state index contributed by atoms with van der Waals surface area (Å²) in [5, 5.41) is 18.9. The number of nitriles is 1. The van der Waals surface area contributed by atoms with Crippen LogP contribution in [-0.4, -0.2) is 65.6 Å². The number of aryl methyl sites for hydroxylation is 9. The van der Waals surface area contributed by atoms with Crippen molar-refractivity contribution in [3.05, 3.63) is 136 Å². The molecule has 0 aliphatic carbocycles. The van der Waals surface area contributed by atoms with Crippen molar-refractivity contribution in [1.29, 1.82) is 5.26 Å². The summed E-state index contributed by atoms with van der Waals surface area (Å²) in [7, 11) is 0. The molecular formula is C53H51Cl3N10O6S6. The van der Waals surface area contributed by atoms with E-state index in [1.807, 2.05) is 135 Å². The van der Waals surface area contributed by atoms with Crippen molar-refractivity contribution in [3.8, 4) is 55.4 Å². The van der Waals surface area contributed by atoms with E-state index in [0.717, 1.165) is 82.6 Å². The molecule has 0 saturated heterocycles. The molecule has 0 bridgehead atoms. The molecule has 0 atom stereocenters. The van der Waals surface area contributed by atoms with Gasteiger partial charge in [0.25, 0.3) is 17.7 Å². The number of anilines is 3. The van der Waals surface area contributed by atoms with Gasteiger partial charge in [-0.3, -0.25) is 30.3 Å². The second kappa shape index (κ2) is 29.0. The molecule has 0 aliphatic heterocycles. The van der Waals surface area contributed by atoms with Crippen LogP contribution in [0.4, 0.5) is 15.4 Å². The van der Waals surface area contributed by atoms with E-state index in [4.69, 9.17) is 54.3 Å². The van der Waals surface area contributed by atoms with Crippen LogP contribution in [-0.2, 0) is 14.4 Å². The molecule has 6 aromatic heterocycles. The number of benzene rings is 3. The molecule has 78 heavy (non-hydrogen) atoms. The van der Waals surface area contributed by atoms with Crippen LogP contribution < -0.4 is 30.2 Å². The Labute approximate surface area is 490 Å². The average Bonchev–Trinajstić information content (AvgIpc) is 4.28. The van der Waals surface area contributed by atoms with E-state index < -0.39 is 0 Å². The number of hydrogen-bond donors (Lipinski definition) is 3. The van der Waals surface area contributed by atoms with Crippen LogP contribution in [0.15, 0.2) is 72.8 Å². The van der Waals surface area contributed by atoms with Gasteiger partial charge in [-0.2, -0.15) is 33.3 Å². The zero-order chi connectivity index (χ0) is 56.6. The first-order chi connectivity index (χ1) is 37.2. The lowest BCUT2D eigenvalue weighted by Crippen LogP contribution is -2.20. The molecule has 0 radical (unpaired) electrons. The quantitative estimate of drug-likeness (QED) is 0.0872. The number of halogens is 3. The topological polar surface area (TPSA) is 216 Å². The van der Waals surface area contributed by atoms with Crippen LogP contribution in [0.2, 0.25) is 15.1 Å². The molecule has 3 aromatic carbocycles. The molecule has 16 nitrogen and oxygen atoms in total. The fraction of sp³-hybridized carbons (Fsp3) is 0.245. The number of carbonyl (C=O) groups excluding carboxylic acids is 3. The van der Waals surface area contributed by atoms with Crippen LogP contribution in [0.1, 0.15) is 54.9 Å². The first-order valence-corrected chi connectivity index (χ1v) is 29.2. The maximum atomic E-state index is 12.1. The van der Waals surface area contributed by atoms with Crippen molar-refractivity contribution in [2.75, 3.05) is 35.8 Å². The molecule has 9 rings (SSSR count). The van der Waals surface area contributed by atoms with Crippen LogP contribution in [0, 0.1) is 73.6 Å². The third-order valence-corrected chi connectivity index (χ3v) is 16.9. The summed E-state index contributed by atoms with van der Waals surface area (Å²) in [6.07, 6.45) is 0. The van der Waals surface area contributed by atoms with Crippen LogP contribution in [0.5, 0.6) is 17.2 Å². The fourth-order valence-electron chi connectivity index (χ4n) is 6.67. The van der Waals surface area contributed by atoms with Gasteiger partial charge in [0.05, 0.1) is 20.7 Å². The zero-order valence-electron chi connectivity index (χ0n) is 43.7. The maximum absolute atomic E-state index is 12.1. The zero-order valence-corrected chi connectivity index (χ0v) is 50.9. The van der Waals surface area contributed by atoms with Crippen LogP contribution in [0.3, 0.4) is 0 Å². The summed E-state index contributed by atoms with van der Waals surface area (Å²) in [6, 6.07) is 24.6. The second-order valence-corrected chi connectivity index (χ2v) is 24.1. The highest BCUT2D eigenvalue weighted by molar-refractivity contribution is 7.16. The molecule has 3 amide bonds. The van der Waals surface area contributed by atoms with Crippen molar-refractivity contribution in [2.45, 2.75) is 69.2 Å². The van der Waals surface area contributed by atoms with E-state index in [9.17, 15) is 14.4 Å². The number of ether oxygens (including phenoxy) is 3. The van der Waals surface area contributed by atoms with Crippen molar-refractivity contribution in [1.82, 2.24) is 28.1 Å². The molecule has 0 unspecified atom stereocenters. The molecule has 25 heteroatoms. The summed E-state index contributed by atoms with van der Waals surface area (Å²) in [5.74, 6) is 2.88. The Kier molecular flexibility index (Phi) is 22.6. The summed E-state index contributed by atoms with van der Waals surface area (Å²) < 4.78 is 29.4. The fourth-order valence-corrected chi connectivity index (χ4v) is 11.4. The standard InChI is InChI=1S/3C17H16ClN3O2S2.C2H3N/c3*1-9-6-12(7-10(2)15(9)18)23-8-14(22)19-17-20-16(21-25-17)13-5-4-11(3)24-13;1-2-3/h3*4-7H,8H2,1-3H3,(H,19,20,21,22);1H3. The minimum atomic E-state index is -0.282. The number of carbonyl (C=O) groups is 3. The summed E-state index contributed by atoms with van der Waals surface area (Å²) in [4.78, 5) is 55.7. The molecule has 6 heterocycles. The van der Waals surface area contributed by atoms with Crippen LogP contribution >= 0.6 is 103 Å². The van der Waals surface area contributed by atoms with Gasteiger partial charge < -0.3 is 14.2 Å². The van der Waals surface area contributed by atoms with E-state index in [-0.39, 0.29) is 37.5 Å². The van der Waals surface area contributed by atoms with Gasteiger partial charge in [-0.05, 0) is 168 Å². The Bertz CT molecular complexity index is 3150. The normalized spacial score (nSPS) is 10.4. The van der Waals surface area contributed by atoms with E-state index in [2.05, 4.69) is 44.0 Å². The van der Waals surface area contributed by atoms with E-state index >= 15 is 0 Å². The van der Waals surface area contributed by atoms with E-state index in [0.29, 0.717) is 65.2 Å². The number of aromatic nitrogens is 6. The molecule has 0 aliphatic rings. The number of rotatable bonds is 15. The molecule has 0 spiro atoms. The largest absolute Gasteiger partial charge is 0.484 e. The Hall–Kier alpha value is -6.39. The highest BCUT2D eigenvalue weighted by Crippen LogP contribution is 2.32. The lowest BCUT2D eigenvalue weighted by molar-refractivity contribution is -0.118. The molecule has 0 saturated carbocycles. The lowest BCUT2D eigenvalue weighted by atomic mass is 10.1. The Morgan fingerprint density at radius 1 is 0.462 bits per heavy atom. The van der Waals surface area contributed by atoms with E-state index in [1.54, 1.807) is 40.1 Å². The van der Waals surface area contributed by atoms with E-state index in [1.165, 1.54) is 21.6 Å². The van der Waals surface area contributed by atoms with Gasteiger partial charge in [-0.1, -0.05) is 34.8 Å². The molecule has 0 fully saturated rings. The minimum Gasteiger partial charge on any atom is -0.484 e. The molecule has 9 aromatic rings. The first kappa shape index (κ1) is 60.8. The van der Waals surface area contributed by atoms with Gasteiger partial charge >= 0.3 is 0 Å². The van der Waals surface area contributed by atoms with Crippen molar-refractivity contribution < 1.29 is 28.6 Å². The number of thiophene rings is 3. The number of amides is 3. The van der Waals surface area contributed by atoms with Gasteiger partial charge in [0.1, 0.15) is 17.2 Å². The third-order valence-electron chi connectivity index (χ3n) is 10.2. The summed E-state index contributed by atoms with van der Waals surface area (Å²) in [6.45, 7) is 18.6. The van der Waals surface area contributed by atoms with Gasteiger partial charge in [0.15, 0.2) is 37.3 Å². The first-order valence-electron chi connectivity index (χ1n) is 23.3. The van der Waals surface area contributed by atoms with Gasteiger partial charge in [-0.15, -0.1) is 34.0 Å². The Morgan fingerprint density at radius 3 is 0.897 bits per heavy atom. The third kappa shape index (κ3) is 18.1. The average molecular weight is 1220 g/mol. The summed E-state index contributed by atoms with van der Waals surface area (Å²) in [5.41, 5.74) is 5.48. The predicted molar refractivity (Wildman–Crippen MR) is 320 cm³/mol. The monoisotopic (exact) mass is 1220 g/mol. The minimum absolute atomic E-state index is 0.104. The van der Waals surface area contributed by atoms with Crippen molar-refractivity contribution in [3.63, 3.8) is 0 Å². The van der Waals surface area contributed by atoms with Crippen molar-refractivity contribution in [2.24, 2.45) is 0 Å². The molecule has 406 valence electrons. The van der Waals surface area contributed by atoms with Gasteiger partial charge in [-0.25, -0.2) is 0 Å². The number of nitrogens with one attached hydrogen (secondary N) is 3. The Morgan fingerprint density at radius 2 is 0.692 bits per heavy atom. The van der Waals surface area contributed by atoms with Gasteiger partial charge in [0, 0.05) is 71.2 Å². The second-order valence-electron chi connectivity index (χ2n) is 16.8.